The number of halogens is 1. The number of pyridine rings is 1. The number of ether oxygens (including phenoxy) is 2. The SMILES string of the molecule is CCc1c(-c2ccc(NC(=O)C(NC(=O)OC(C)(C)C)C(C3CC3)C3CC3)nc2F)c(C)nn1COCCS(C)(C)C. The summed E-state index contributed by atoms with van der Waals surface area (Å²) in [6, 6.07) is 2.45. The van der Waals surface area contributed by atoms with Crippen molar-refractivity contribution >= 4 is 27.8 Å². The van der Waals surface area contributed by atoms with E-state index in [1.807, 2.05) is 13.8 Å². The Morgan fingerprint density at radius 1 is 1.14 bits per heavy atom. The molecule has 1 atom stereocenters. The van der Waals surface area contributed by atoms with E-state index in [0.29, 0.717) is 48.4 Å². The second kappa shape index (κ2) is 12.9. The Morgan fingerprint density at radius 2 is 1.79 bits per heavy atom. The predicted molar refractivity (Wildman–Crippen MR) is 166 cm³/mol. The van der Waals surface area contributed by atoms with Crippen LogP contribution in [0.4, 0.5) is 15.0 Å². The molecular formula is C31H48FN5O4S. The third-order valence-corrected chi connectivity index (χ3v) is 9.05. The lowest BCUT2D eigenvalue weighted by atomic mass is 9.89. The minimum absolute atomic E-state index is 0.0225. The van der Waals surface area contributed by atoms with E-state index >= 15 is 4.39 Å². The Bertz CT molecular complexity index is 1270. The number of nitrogens with zero attached hydrogens (tertiary/aromatic N) is 3. The van der Waals surface area contributed by atoms with Gasteiger partial charge in [0.2, 0.25) is 11.9 Å². The number of rotatable bonds is 13. The highest BCUT2D eigenvalue weighted by Gasteiger charge is 2.48. The minimum Gasteiger partial charge on any atom is -0.444 e. The Morgan fingerprint density at radius 3 is 2.31 bits per heavy atom. The first-order chi connectivity index (χ1) is 19.7. The van der Waals surface area contributed by atoms with Gasteiger partial charge in [0.1, 0.15) is 24.2 Å². The molecule has 2 aliphatic carbocycles. The summed E-state index contributed by atoms with van der Waals surface area (Å²) in [7, 11) is -0.654. The van der Waals surface area contributed by atoms with E-state index in [1.54, 1.807) is 37.6 Å². The number of nitrogens with one attached hydrogen (secondary N) is 2. The van der Waals surface area contributed by atoms with Crippen LogP contribution in [0.15, 0.2) is 12.1 Å². The number of aromatic nitrogens is 3. The molecule has 0 radical (unpaired) electrons. The number of amides is 2. The summed E-state index contributed by atoms with van der Waals surface area (Å²) in [6.07, 6.45) is 10.9. The predicted octanol–water partition coefficient (Wildman–Crippen LogP) is 5.89. The number of hydrogen-bond acceptors (Lipinski definition) is 6. The molecular weight excluding hydrogens is 557 g/mol. The number of aryl methyl sites for hydroxylation is 1. The van der Waals surface area contributed by atoms with Crippen molar-refractivity contribution in [2.45, 2.75) is 85.1 Å². The minimum atomic E-state index is -0.781. The summed E-state index contributed by atoms with van der Waals surface area (Å²) >= 11 is 0. The van der Waals surface area contributed by atoms with Crippen molar-refractivity contribution in [2.75, 3.05) is 36.4 Å². The van der Waals surface area contributed by atoms with Gasteiger partial charge < -0.3 is 20.1 Å². The van der Waals surface area contributed by atoms with Crippen molar-refractivity contribution in [1.29, 1.82) is 0 Å². The highest BCUT2D eigenvalue weighted by atomic mass is 32.3. The van der Waals surface area contributed by atoms with Crippen LogP contribution in [0.3, 0.4) is 0 Å². The normalized spacial score (nSPS) is 16.8. The van der Waals surface area contributed by atoms with Crippen LogP contribution in [0.2, 0.25) is 0 Å². The van der Waals surface area contributed by atoms with Crippen molar-refractivity contribution in [3.8, 4) is 11.1 Å². The second-order valence-corrected chi connectivity index (χ2v) is 18.1. The van der Waals surface area contributed by atoms with E-state index in [0.717, 1.165) is 37.1 Å². The zero-order valence-corrected chi connectivity index (χ0v) is 27.2. The zero-order chi connectivity index (χ0) is 30.8. The molecule has 0 spiro atoms. The fourth-order valence-corrected chi connectivity index (χ4v) is 6.08. The van der Waals surface area contributed by atoms with Gasteiger partial charge in [-0.05, 0) is 108 Å². The largest absolute Gasteiger partial charge is 0.444 e. The molecule has 2 N–H and O–H groups in total. The van der Waals surface area contributed by atoms with Gasteiger partial charge in [0, 0.05) is 22.6 Å². The molecule has 4 rings (SSSR count). The number of anilines is 1. The monoisotopic (exact) mass is 605 g/mol. The first-order valence-corrected chi connectivity index (χ1v) is 18.0. The van der Waals surface area contributed by atoms with Gasteiger partial charge in [0.25, 0.3) is 0 Å². The molecule has 0 bridgehead atoms. The van der Waals surface area contributed by atoms with Gasteiger partial charge in [-0.25, -0.2) is 24.5 Å². The molecule has 11 heteroatoms. The number of hydrogen-bond donors (Lipinski definition) is 2. The highest BCUT2D eigenvalue weighted by molar-refractivity contribution is 8.32. The molecule has 2 aliphatic rings. The van der Waals surface area contributed by atoms with Crippen LogP contribution in [0, 0.1) is 30.6 Å². The lowest BCUT2D eigenvalue weighted by molar-refractivity contribution is -0.120. The van der Waals surface area contributed by atoms with Gasteiger partial charge in [-0.15, -0.1) is 0 Å². The van der Waals surface area contributed by atoms with Gasteiger partial charge >= 0.3 is 6.09 Å². The molecule has 234 valence electrons. The quantitative estimate of drug-likeness (QED) is 0.218. The molecule has 2 heterocycles. The summed E-state index contributed by atoms with van der Waals surface area (Å²) in [5.41, 5.74) is 1.88. The topological polar surface area (TPSA) is 107 Å². The summed E-state index contributed by atoms with van der Waals surface area (Å²) in [4.78, 5) is 30.4. The van der Waals surface area contributed by atoms with Gasteiger partial charge in [-0.1, -0.05) is 6.92 Å². The molecule has 2 aromatic rings. The van der Waals surface area contributed by atoms with Gasteiger partial charge in [-0.2, -0.15) is 9.49 Å². The molecule has 2 saturated carbocycles. The van der Waals surface area contributed by atoms with Gasteiger partial charge in [0.15, 0.2) is 0 Å². The van der Waals surface area contributed by atoms with Crippen LogP contribution in [0.1, 0.15) is 64.8 Å². The average Bonchev–Trinajstić information content (AvgIpc) is 3.79. The Kier molecular flexibility index (Phi) is 9.92. The van der Waals surface area contributed by atoms with Crippen molar-refractivity contribution in [3.63, 3.8) is 0 Å². The van der Waals surface area contributed by atoms with Gasteiger partial charge in [-0.3, -0.25) is 4.79 Å². The lowest BCUT2D eigenvalue weighted by Gasteiger charge is -2.29. The molecule has 0 aromatic carbocycles. The van der Waals surface area contributed by atoms with Crippen LogP contribution in [-0.2, 0) is 27.4 Å². The summed E-state index contributed by atoms with van der Waals surface area (Å²) in [5, 5.41) is 10.2. The third kappa shape index (κ3) is 8.69. The number of carbonyl (C=O) groups excluding carboxylic acids is 2. The van der Waals surface area contributed by atoms with Crippen molar-refractivity contribution in [3.05, 3.63) is 29.5 Å². The molecule has 1 unspecified atom stereocenters. The fraction of sp³-hybridized carbons (Fsp3) is 0.677. The molecule has 2 fully saturated rings. The van der Waals surface area contributed by atoms with E-state index in [2.05, 4.69) is 39.5 Å². The fourth-order valence-electron chi connectivity index (χ4n) is 5.46. The maximum Gasteiger partial charge on any atom is 0.408 e. The van der Waals surface area contributed by atoms with E-state index in [1.165, 1.54) is 0 Å². The maximum absolute atomic E-state index is 15.5. The van der Waals surface area contributed by atoms with Crippen molar-refractivity contribution < 1.29 is 23.5 Å². The van der Waals surface area contributed by atoms with Gasteiger partial charge in [0.05, 0.1) is 12.3 Å². The van der Waals surface area contributed by atoms with Crippen LogP contribution in [0.5, 0.6) is 0 Å². The van der Waals surface area contributed by atoms with Crippen LogP contribution in [-0.4, -0.2) is 69.5 Å². The average molecular weight is 606 g/mol. The zero-order valence-electron chi connectivity index (χ0n) is 26.4. The Hall–Kier alpha value is -2.66. The smallest absolute Gasteiger partial charge is 0.408 e. The summed E-state index contributed by atoms with van der Waals surface area (Å²) in [6.45, 7) is 10.2. The van der Waals surface area contributed by atoms with E-state index in [-0.39, 0.29) is 11.7 Å². The standard InChI is InChI=1S/C31H48FN5O4S/c1-9-23-25(19(2)36-37(23)18-40-16-17-42(6,7)8)22-14-15-24(33-28(22)32)34-29(38)27(35-30(39)41-31(3,4)5)26(20-10-11-20)21-12-13-21/h14-15,20-21,26-27H,9-13,16-18H2,1-8H3,(H,35,39)(H,33,34,38). The molecule has 9 nitrogen and oxygen atoms in total. The first-order valence-electron chi connectivity index (χ1n) is 14.9. The van der Waals surface area contributed by atoms with E-state index in [4.69, 9.17) is 9.47 Å². The number of carbonyl (C=O) groups is 2. The Balaban J connectivity index is 1.50. The van der Waals surface area contributed by atoms with Crippen LogP contribution in [0.25, 0.3) is 11.1 Å². The van der Waals surface area contributed by atoms with E-state index in [9.17, 15) is 9.59 Å². The third-order valence-electron chi connectivity index (χ3n) is 7.66. The van der Waals surface area contributed by atoms with Crippen LogP contribution < -0.4 is 10.6 Å². The summed E-state index contributed by atoms with van der Waals surface area (Å²) in [5.74, 6) is 0.801. The molecule has 2 aromatic heterocycles. The molecule has 42 heavy (non-hydrogen) atoms. The summed E-state index contributed by atoms with van der Waals surface area (Å²) < 4.78 is 28.7. The van der Waals surface area contributed by atoms with E-state index < -0.39 is 39.6 Å². The van der Waals surface area contributed by atoms with Crippen molar-refractivity contribution in [2.24, 2.45) is 17.8 Å². The van der Waals surface area contributed by atoms with Crippen LogP contribution >= 0.6 is 10.0 Å². The van der Waals surface area contributed by atoms with Crippen molar-refractivity contribution in [1.82, 2.24) is 20.1 Å². The second-order valence-electron chi connectivity index (χ2n) is 13.5. The Labute approximate surface area is 251 Å². The first kappa shape index (κ1) is 32.3. The maximum atomic E-state index is 15.5. The molecule has 2 amide bonds. The number of alkyl carbamates (subject to hydrolysis) is 1. The highest BCUT2D eigenvalue weighted by Crippen LogP contribution is 2.51. The molecule has 0 saturated heterocycles. The lowest BCUT2D eigenvalue weighted by Crippen LogP contribution is -2.51. The molecule has 0 aliphatic heterocycles.